The van der Waals surface area contributed by atoms with E-state index in [4.69, 9.17) is 11.6 Å². The molecule has 0 saturated carbocycles. The number of allylic oxidation sites excluding steroid dienone is 1. The van der Waals surface area contributed by atoms with Crippen LogP contribution >= 0.6 is 22.9 Å². The van der Waals surface area contributed by atoms with Crippen LogP contribution < -0.4 is 9.62 Å². The number of carbonyl (C=O) groups excluding carboxylic acids is 1. The topological polar surface area (TPSA) is 66.5 Å². The lowest BCUT2D eigenvalue weighted by atomic mass is 10.2. The Kier molecular flexibility index (Phi) is 5.64. The number of fused-ring (bicyclic) bond motifs is 1. The van der Waals surface area contributed by atoms with Crippen molar-refractivity contribution in [1.29, 1.82) is 0 Å². The summed E-state index contributed by atoms with van der Waals surface area (Å²) in [6.07, 6.45) is 1.24. The standard InChI is InChI=1S/C21H16ClFN2O3S2/c22-16-5-1-14(2-6-16)11-24-12-19-20(26)21-18(9-10-29-21)25(30(19,27)28)13-15-3-7-17(23)8-4-15/h1-10,12,24H,11,13H2/b19-12-. The highest BCUT2D eigenvalue weighted by molar-refractivity contribution is 7.97. The van der Waals surface area contributed by atoms with Crippen LogP contribution in [0.1, 0.15) is 20.8 Å². The maximum Gasteiger partial charge on any atom is 0.270 e. The Morgan fingerprint density at radius 1 is 1.03 bits per heavy atom. The molecule has 0 bridgehead atoms. The fourth-order valence-electron chi connectivity index (χ4n) is 3.08. The smallest absolute Gasteiger partial charge is 0.270 e. The molecule has 2 aromatic carbocycles. The Labute approximate surface area is 182 Å². The average Bonchev–Trinajstić information content (AvgIpc) is 3.20. The summed E-state index contributed by atoms with van der Waals surface area (Å²) >= 11 is 7.06. The summed E-state index contributed by atoms with van der Waals surface area (Å²) in [7, 11) is -4.09. The Hall–Kier alpha value is -2.68. The summed E-state index contributed by atoms with van der Waals surface area (Å²) < 4.78 is 40.9. The van der Waals surface area contributed by atoms with Crippen LogP contribution in [0.2, 0.25) is 5.02 Å². The van der Waals surface area contributed by atoms with Crippen LogP contribution in [-0.2, 0) is 23.1 Å². The minimum atomic E-state index is -4.09. The Balaban J connectivity index is 1.65. The number of nitrogens with zero attached hydrogens (tertiary/aromatic N) is 1. The van der Waals surface area contributed by atoms with Crippen molar-refractivity contribution in [2.75, 3.05) is 4.31 Å². The number of sulfonamides is 1. The van der Waals surface area contributed by atoms with Gasteiger partial charge in [-0.15, -0.1) is 11.3 Å². The lowest BCUT2D eigenvalue weighted by Crippen LogP contribution is -2.38. The maximum absolute atomic E-state index is 13.3. The zero-order valence-electron chi connectivity index (χ0n) is 15.5. The first-order valence-corrected chi connectivity index (χ1v) is 11.6. The minimum Gasteiger partial charge on any atom is -0.386 e. The number of Topliss-reactive ketones (excluding diaryl/α,β-unsaturated/α-hetero) is 1. The molecule has 30 heavy (non-hydrogen) atoms. The van der Waals surface area contributed by atoms with Crippen LogP contribution in [0, 0.1) is 5.82 Å². The monoisotopic (exact) mass is 462 g/mol. The molecule has 0 aliphatic carbocycles. The lowest BCUT2D eigenvalue weighted by Gasteiger charge is -2.29. The van der Waals surface area contributed by atoms with E-state index in [1.165, 1.54) is 46.1 Å². The van der Waals surface area contributed by atoms with E-state index in [-0.39, 0.29) is 11.4 Å². The molecule has 0 atom stereocenters. The van der Waals surface area contributed by atoms with Crippen molar-refractivity contribution in [3.8, 4) is 0 Å². The van der Waals surface area contributed by atoms with Crippen molar-refractivity contribution < 1.29 is 17.6 Å². The van der Waals surface area contributed by atoms with Crippen molar-refractivity contribution >= 4 is 44.4 Å². The third-order valence-corrected chi connectivity index (χ3v) is 7.52. The number of nitrogens with one attached hydrogen (secondary N) is 1. The van der Waals surface area contributed by atoms with E-state index in [0.29, 0.717) is 27.7 Å². The van der Waals surface area contributed by atoms with Gasteiger partial charge >= 0.3 is 0 Å². The molecular formula is C21H16ClFN2O3S2. The number of ketones is 1. The van der Waals surface area contributed by atoms with Gasteiger partial charge in [0.05, 0.1) is 12.2 Å². The molecule has 0 spiro atoms. The molecule has 9 heteroatoms. The lowest BCUT2D eigenvalue weighted by molar-refractivity contribution is 0.104. The number of carbonyl (C=O) groups is 1. The van der Waals surface area contributed by atoms with Gasteiger partial charge in [0.15, 0.2) is 4.91 Å². The molecule has 0 saturated heterocycles. The first-order chi connectivity index (χ1) is 14.4. The molecule has 1 aliphatic rings. The molecule has 1 aliphatic heterocycles. The average molecular weight is 463 g/mol. The van der Waals surface area contributed by atoms with E-state index < -0.39 is 21.6 Å². The summed E-state index contributed by atoms with van der Waals surface area (Å²) in [5.74, 6) is -0.947. The Morgan fingerprint density at radius 3 is 2.40 bits per heavy atom. The molecule has 2 heterocycles. The van der Waals surface area contributed by atoms with Gasteiger partial charge in [-0.05, 0) is 46.8 Å². The maximum atomic E-state index is 13.3. The second kappa shape index (κ2) is 8.22. The molecule has 5 nitrogen and oxygen atoms in total. The van der Waals surface area contributed by atoms with E-state index in [9.17, 15) is 17.6 Å². The van der Waals surface area contributed by atoms with E-state index in [2.05, 4.69) is 5.32 Å². The van der Waals surface area contributed by atoms with E-state index >= 15 is 0 Å². The van der Waals surface area contributed by atoms with Gasteiger partial charge in [-0.1, -0.05) is 35.9 Å². The van der Waals surface area contributed by atoms with Gasteiger partial charge in [-0.3, -0.25) is 9.10 Å². The molecule has 0 fully saturated rings. The molecule has 1 aromatic heterocycles. The first-order valence-electron chi connectivity index (χ1n) is 8.93. The number of thiophene rings is 1. The molecule has 0 unspecified atom stereocenters. The van der Waals surface area contributed by atoms with Crippen LogP contribution in [0.25, 0.3) is 0 Å². The SMILES string of the molecule is O=C1/C(=C/NCc2ccc(Cl)cc2)S(=O)(=O)N(Cc2ccc(F)cc2)c2ccsc21. The normalized spacial score (nSPS) is 16.5. The van der Waals surface area contributed by atoms with E-state index in [0.717, 1.165) is 5.56 Å². The summed E-state index contributed by atoms with van der Waals surface area (Å²) in [6, 6.07) is 14.3. The van der Waals surface area contributed by atoms with Gasteiger partial charge in [0, 0.05) is 17.8 Å². The van der Waals surface area contributed by atoms with Gasteiger partial charge in [0.25, 0.3) is 10.0 Å². The molecule has 1 N–H and O–H groups in total. The highest BCUT2D eigenvalue weighted by atomic mass is 35.5. The zero-order valence-corrected chi connectivity index (χ0v) is 17.9. The first kappa shape index (κ1) is 20.6. The number of hydrogen-bond acceptors (Lipinski definition) is 5. The highest BCUT2D eigenvalue weighted by Gasteiger charge is 2.41. The molecule has 4 rings (SSSR count). The van der Waals surface area contributed by atoms with Crippen LogP contribution in [0.5, 0.6) is 0 Å². The number of rotatable bonds is 5. The van der Waals surface area contributed by atoms with E-state index in [1.807, 2.05) is 12.1 Å². The number of anilines is 1. The van der Waals surface area contributed by atoms with Gasteiger partial charge < -0.3 is 5.32 Å². The second-order valence-corrected chi connectivity index (χ2v) is 9.80. The third-order valence-electron chi connectivity index (χ3n) is 4.60. The van der Waals surface area contributed by atoms with Crippen molar-refractivity contribution in [2.45, 2.75) is 13.1 Å². The summed E-state index contributed by atoms with van der Waals surface area (Å²) in [5, 5.41) is 5.20. The summed E-state index contributed by atoms with van der Waals surface area (Å²) in [4.78, 5) is 12.9. The molecule has 3 aromatic rings. The number of benzene rings is 2. The molecule has 0 amide bonds. The third kappa shape index (κ3) is 3.98. The molecule has 154 valence electrons. The predicted molar refractivity (Wildman–Crippen MR) is 117 cm³/mol. The van der Waals surface area contributed by atoms with E-state index in [1.54, 1.807) is 23.6 Å². The quantitative estimate of drug-likeness (QED) is 0.558. The number of halogens is 2. The minimum absolute atomic E-state index is 0.00580. The van der Waals surface area contributed by atoms with Crippen LogP contribution in [0.4, 0.5) is 10.1 Å². The zero-order chi connectivity index (χ0) is 21.3. The predicted octanol–water partition coefficient (Wildman–Crippen LogP) is 4.70. The molecule has 0 radical (unpaired) electrons. The number of hydrogen-bond donors (Lipinski definition) is 1. The van der Waals surface area contributed by atoms with Gasteiger partial charge in [0.1, 0.15) is 10.7 Å². The fourth-order valence-corrected chi connectivity index (χ4v) is 5.71. The van der Waals surface area contributed by atoms with Crippen molar-refractivity contribution in [2.24, 2.45) is 0 Å². The summed E-state index contributed by atoms with van der Waals surface area (Å²) in [5.41, 5.74) is 1.83. The van der Waals surface area contributed by atoms with Gasteiger partial charge in [0.2, 0.25) is 5.78 Å². The van der Waals surface area contributed by atoms with Crippen LogP contribution in [0.15, 0.2) is 71.1 Å². The Bertz CT molecular complexity index is 1220. The highest BCUT2D eigenvalue weighted by Crippen LogP contribution is 2.39. The van der Waals surface area contributed by atoms with Crippen LogP contribution in [0.3, 0.4) is 0 Å². The van der Waals surface area contributed by atoms with Crippen molar-refractivity contribution in [3.63, 3.8) is 0 Å². The molecular weight excluding hydrogens is 447 g/mol. The van der Waals surface area contributed by atoms with Gasteiger partial charge in [-0.2, -0.15) is 0 Å². The second-order valence-electron chi connectivity index (χ2n) is 6.62. The van der Waals surface area contributed by atoms with Crippen molar-refractivity contribution in [1.82, 2.24) is 5.32 Å². The van der Waals surface area contributed by atoms with Gasteiger partial charge in [-0.25, -0.2) is 12.8 Å². The largest absolute Gasteiger partial charge is 0.386 e. The Morgan fingerprint density at radius 2 is 1.70 bits per heavy atom. The van der Waals surface area contributed by atoms with Crippen LogP contribution in [-0.4, -0.2) is 14.2 Å². The summed E-state index contributed by atoms with van der Waals surface area (Å²) in [6.45, 7) is 0.326. The van der Waals surface area contributed by atoms with Crippen molar-refractivity contribution in [3.05, 3.63) is 97.9 Å². The fraction of sp³-hybridized carbons (Fsp3) is 0.0952.